The second kappa shape index (κ2) is 25.5. The van der Waals surface area contributed by atoms with Crippen molar-refractivity contribution in [3.63, 3.8) is 0 Å². The maximum atomic E-state index is 15.0. The normalized spacial score (nSPS) is 39.1. The molecule has 4 fully saturated rings. The summed E-state index contributed by atoms with van der Waals surface area (Å²) in [5.74, 6) is -4.05. The molecule has 1 amide bonds. The molecule has 19 atom stereocenters. The first-order valence-electron chi connectivity index (χ1n) is 28.0. The lowest BCUT2D eigenvalue weighted by Gasteiger charge is -2.53. The maximum Gasteiger partial charge on any atom is 0.309 e. The Morgan fingerprint density at radius 3 is 2.34 bits per heavy atom. The van der Waals surface area contributed by atoms with Crippen LogP contribution in [0.5, 0.6) is 0 Å². The molecule has 0 radical (unpaired) electrons. The number of aliphatic hydroxyl groups is 3. The van der Waals surface area contributed by atoms with E-state index in [1.54, 1.807) is 39.3 Å². The zero-order chi connectivity index (χ0) is 57.1. The van der Waals surface area contributed by atoms with E-state index in [1.165, 1.54) is 23.7 Å². The van der Waals surface area contributed by atoms with Gasteiger partial charge in [0.1, 0.15) is 30.6 Å². The predicted octanol–water partition coefficient (Wildman–Crippen LogP) is 7.48. The van der Waals surface area contributed by atoms with E-state index in [-0.39, 0.29) is 35.7 Å². The summed E-state index contributed by atoms with van der Waals surface area (Å²) < 4.78 is 73.5. The van der Waals surface area contributed by atoms with E-state index in [4.69, 9.17) is 28.7 Å². The van der Waals surface area contributed by atoms with Crippen LogP contribution in [-0.2, 0) is 56.0 Å². The monoisotopic (exact) mass is 1100 g/mol. The number of benzene rings is 1. The van der Waals surface area contributed by atoms with Crippen molar-refractivity contribution in [1.82, 2.24) is 19.9 Å². The number of amides is 1. The smallest absolute Gasteiger partial charge is 0.309 e. The van der Waals surface area contributed by atoms with Crippen LogP contribution in [0, 0.1) is 40.9 Å². The van der Waals surface area contributed by atoms with Crippen molar-refractivity contribution in [3.05, 3.63) is 53.9 Å². The summed E-state index contributed by atoms with van der Waals surface area (Å²) in [7, 11) is 0.117. The Morgan fingerprint density at radius 1 is 1.05 bits per heavy atom. The highest BCUT2D eigenvalue weighted by Crippen LogP contribution is 2.51. The molecule has 3 aliphatic heterocycles. The summed E-state index contributed by atoms with van der Waals surface area (Å²) in [6.07, 6.45) is 0.730. The van der Waals surface area contributed by atoms with Gasteiger partial charge in [-0.3, -0.25) is 9.59 Å². The fraction of sp³-hybridized carbons (Fsp3) is 0.776. The number of hydrogen-bond acceptors (Lipinski definition) is 15. The molecule has 1 aromatic heterocycles. The van der Waals surface area contributed by atoms with E-state index < -0.39 is 124 Å². The van der Waals surface area contributed by atoms with E-state index in [2.05, 4.69) is 42.6 Å². The van der Waals surface area contributed by atoms with Crippen LogP contribution in [-0.4, -0.2) is 161 Å². The van der Waals surface area contributed by atoms with Gasteiger partial charge in [0.15, 0.2) is 16.1 Å². The molecule has 4 aliphatic rings. The zero-order valence-corrected chi connectivity index (χ0v) is 49.2. The van der Waals surface area contributed by atoms with Crippen LogP contribution in [0.4, 0.5) is 4.39 Å². The Balaban J connectivity index is 1.38. The molecule has 3 N–H and O–H groups in total. The minimum absolute atomic E-state index is 0.189. The third kappa shape index (κ3) is 14.3. The average Bonchev–Trinajstić information content (AvgIpc) is 3.84. The zero-order valence-electron chi connectivity index (χ0n) is 48.4. The average molecular weight is 1100 g/mol. The first-order valence-corrected chi connectivity index (χ1v) is 29.9. The number of aromatic nitrogens is 3. The van der Waals surface area contributed by atoms with Crippen LogP contribution >= 0.6 is 0 Å². The van der Waals surface area contributed by atoms with Crippen LogP contribution in [0.25, 0.3) is 0 Å². The fourth-order valence-corrected chi connectivity index (χ4v) is 14.3. The topological polar surface area (TPSA) is 221 Å². The number of halogens is 1. The molecule has 3 saturated heterocycles. The van der Waals surface area contributed by atoms with Crippen LogP contribution in [0.3, 0.4) is 0 Å². The number of esters is 1. The number of cyclic esters (lactones) is 1. The summed E-state index contributed by atoms with van der Waals surface area (Å²) in [5.41, 5.74) is -0.313. The van der Waals surface area contributed by atoms with Crippen molar-refractivity contribution >= 4 is 27.4 Å². The Bertz CT molecular complexity index is 2470. The van der Waals surface area contributed by atoms with E-state index in [1.807, 2.05) is 41.7 Å². The predicted molar refractivity (Wildman–Crippen MR) is 291 cm³/mol. The Labute approximate surface area is 458 Å². The number of allylic oxidation sites excluding steroid dienone is 1. The van der Waals surface area contributed by atoms with Gasteiger partial charge in [0.2, 0.25) is 5.91 Å². The van der Waals surface area contributed by atoms with Gasteiger partial charge >= 0.3 is 5.97 Å². The van der Waals surface area contributed by atoms with Crippen molar-refractivity contribution in [2.24, 2.45) is 45.9 Å². The molecule has 77 heavy (non-hydrogen) atoms. The van der Waals surface area contributed by atoms with Gasteiger partial charge in [-0.25, -0.2) is 22.5 Å². The highest BCUT2D eigenvalue weighted by molar-refractivity contribution is 7.90. The summed E-state index contributed by atoms with van der Waals surface area (Å²) >= 11 is 0. The minimum Gasteiger partial charge on any atom is -0.459 e. The largest absolute Gasteiger partial charge is 0.459 e. The minimum atomic E-state index is -3.38. The van der Waals surface area contributed by atoms with E-state index in [9.17, 15) is 32.9 Å². The van der Waals surface area contributed by atoms with Gasteiger partial charge in [-0.15, -0.1) is 5.10 Å². The summed E-state index contributed by atoms with van der Waals surface area (Å²) in [6.45, 7) is 25.1. The molecule has 2 bridgehead atoms. The number of ether oxygens (including phenoxy) is 5. The van der Waals surface area contributed by atoms with Crippen LogP contribution in [0.1, 0.15) is 145 Å². The SMILES string of the molecule is C=C1CC[C@@H]2[C@@H](C)/C(=N/C(C)=O)[C@H](C)C[C@@](C)(CC1)[C@H](O[C@@H]1O[C@H](C)C[C@H](N(C)CCc3cn([C@H](CF)Cc4ccc(S(C)(=O)=O)cc4)nn3)[C@H]1O)[C@@H](C)[C@H](C1C[C@@](C)(OC)[C@@H](O)[C@H](C)O1)[C@@H](C)C(=O)O[C@H](CC)[C@@]2(C)O. The summed E-state index contributed by atoms with van der Waals surface area (Å²) in [4.78, 5) is 35.2. The number of likely N-dealkylation sites (N-methyl/N-ethyl adjacent to an activating group) is 1. The van der Waals surface area contributed by atoms with Crippen molar-refractivity contribution < 1.29 is 61.4 Å². The Kier molecular flexibility index (Phi) is 20.8. The lowest BCUT2D eigenvalue weighted by Crippen LogP contribution is -2.61. The molecule has 17 nitrogen and oxygen atoms in total. The van der Waals surface area contributed by atoms with Gasteiger partial charge in [0.05, 0.1) is 52.6 Å². The molecule has 0 spiro atoms. The van der Waals surface area contributed by atoms with Crippen LogP contribution in [0.15, 0.2) is 52.5 Å². The highest BCUT2D eigenvalue weighted by Gasteiger charge is 2.56. The highest BCUT2D eigenvalue weighted by atomic mass is 32.2. The molecule has 1 saturated carbocycles. The van der Waals surface area contributed by atoms with Crippen molar-refractivity contribution in [1.29, 1.82) is 0 Å². The number of rotatable bonds is 14. The lowest BCUT2D eigenvalue weighted by molar-refractivity contribution is -0.296. The molecule has 1 aromatic carbocycles. The van der Waals surface area contributed by atoms with Crippen LogP contribution in [0.2, 0.25) is 0 Å². The number of methoxy groups -OCH3 is 1. The number of fused-ring (bicyclic) bond motifs is 5. The number of hydrogen-bond donors (Lipinski definition) is 3. The first kappa shape index (κ1) is 62.7. The van der Waals surface area contributed by atoms with E-state index >= 15 is 4.79 Å². The quantitative estimate of drug-likeness (QED) is 0.123. The molecular formula is C58H92FN5O12S. The maximum absolute atomic E-state index is 15.0. The van der Waals surface area contributed by atoms with E-state index in [0.717, 1.165) is 17.4 Å². The molecule has 6 rings (SSSR count). The van der Waals surface area contributed by atoms with Crippen molar-refractivity contribution in [3.8, 4) is 0 Å². The number of carbonyl (C=O) groups is 2. The van der Waals surface area contributed by atoms with E-state index in [0.29, 0.717) is 69.3 Å². The second-order valence-corrected chi connectivity index (χ2v) is 26.4. The van der Waals surface area contributed by atoms with Gasteiger partial charge in [-0.05, 0) is 127 Å². The lowest BCUT2D eigenvalue weighted by atomic mass is 9.62. The number of sulfone groups is 1. The molecular weight excluding hydrogens is 1010 g/mol. The standard InChI is InChI=1S/C58H92FN5O12S/c1-16-48-58(12,69)45-22-17-33(2)23-25-56(10,29-34(3)50(36(45)5)60-40(9)65)53(37(6)49(38(7)54(68)75-48)47-30-57(11,72-14)52(67)39(8)74-47)76-55-51(66)46(27-35(4)73-55)63(13)26-24-42-32-64(62-61-42)43(31-59)28-41-18-20-44(21-19-41)77(15,70)71/h18-21,32,34-39,43,45-49,51-53,55,66-67,69H,2,16-17,22-31H2,1,3-15H3/b60-50+/t34-,35-,36-,37+,38-,39+,43+,45-,46+,47?,48-,49+,51-,52+,53-,55+,56-,57-,58+/m1/s1. The summed E-state index contributed by atoms with van der Waals surface area (Å²) in [6, 6.07) is 5.30. The molecule has 1 aliphatic carbocycles. The first-order chi connectivity index (χ1) is 36.0. The number of alkyl halides is 1. The number of carbonyl (C=O) groups excluding carboxylic acids is 2. The third-order valence-corrected chi connectivity index (χ3v) is 19.4. The van der Waals surface area contributed by atoms with Gasteiger partial charge in [-0.1, -0.05) is 71.0 Å². The molecule has 19 heteroatoms. The Morgan fingerprint density at radius 2 is 1.73 bits per heavy atom. The molecule has 434 valence electrons. The number of aliphatic hydroxyl groups excluding tert-OH is 2. The number of aliphatic imine (C=N–C) groups is 1. The Hall–Kier alpha value is -3.53. The second-order valence-electron chi connectivity index (χ2n) is 24.3. The molecule has 1 unspecified atom stereocenters. The van der Waals surface area contributed by atoms with Gasteiger partial charge in [0, 0.05) is 69.5 Å². The molecule has 4 heterocycles. The van der Waals surface area contributed by atoms with Gasteiger partial charge in [-0.2, -0.15) is 0 Å². The summed E-state index contributed by atoms with van der Waals surface area (Å²) in [5, 5.41) is 45.6. The van der Waals surface area contributed by atoms with Crippen LogP contribution < -0.4 is 0 Å². The number of nitrogens with zero attached hydrogens (tertiary/aromatic N) is 5. The van der Waals surface area contributed by atoms with Crippen molar-refractivity contribution in [2.75, 3.05) is 33.6 Å². The third-order valence-electron chi connectivity index (χ3n) is 18.3. The molecule has 2 aromatic rings. The van der Waals surface area contributed by atoms with Gasteiger partial charge < -0.3 is 43.9 Å². The van der Waals surface area contributed by atoms with Crippen molar-refractivity contribution in [2.45, 2.75) is 218 Å². The fourth-order valence-electron chi connectivity index (χ4n) is 13.7. The van der Waals surface area contributed by atoms with Gasteiger partial charge in [0.25, 0.3) is 0 Å².